The molecule has 2 N–H and O–H groups in total. The summed E-state index contributed by atoms with van der Waals surface area (Å²) in [5.41, 5.74) is 0.244. The van der Waals surface area contributed by atoms with Crippen molar-refractivity contribution in [1.29, 1.82) is 5.26 Å². The summed E-state index contributed by atoms with van der Waals surface area (Å²) in [6, 6.07) is 5.15. The van der Waals surface area contributed by atoms with Crippen molar-refractivity contribution in [1.82, 2.24) is 4.90 Å². The maximum absolute atomic E-state index is 13.1. The van der Waals surface area contributed by atoms with Gasteiger partial charge in [0.1, 0.15) is 11.9 Å². The summed E-state index contributed by atoms with van der Waals surface area (Å²) >= 11 is 0. The van der Waals surface area contributed by atoms with Crippen molar-refractivity contribution < 1.29 is 14.3 Å². The Bertz CT molecular complexity index is 513. The number of benzene rings is 1. The number of nitrogens with one attached hydrogen (secondary N) is 1. The molecule has 0 aliphatic carbocycles. The van der Waals surface area contributed by atoms with Gasteiger partial charge in [-0.2, -0.15) is 5.26 Å². The number of anilines is 1. The van der Waals surface area contributed by atoms with Crippen LogP contribution in [0.4, 0.5) is 14.9 Å². The first kappa shape index (κ1) is 12.3. The predicted octanol–water partition coefficient (Wildman–Crippen LogP) is 1.30. The van der Waals surface area contributed by atoms with Crippen molar-refractivity contribution in [3.8, 4) is 6.07 Å². The van der Waals surface area contributed by atoms with Crippen LogP contribution in [-0.2, 0) is 0 Å². The third kappa shape index (κ3) is 2.57. The van der Waals surface area contributed by atoms with E-state index in [0.29, 0.717) is 18.7 Å². The van der Waals surface area contributed by atoms with Crippen LogP contribution in [0, 0.1) is 17.1 Å². The van der Waals surface area contributed by atoms with Crippen LogP contribution in [0.1, 0.15) is 12.0 Å². The standard InChI is InChI=1S/C12H12FN3O2/c13-11-2-1-9(5-8(11)6-14)15-12(18)16-4-3-10(17)7-16/h1-2,5,10,17H,3-4,7H2,(H,15,18)/t10-/m1/s1. The smallest absolute Gasteiger partial charge is 0.321 e. The largest absolute Gasteiger partial charge is 0.391 e. The molecule has 0 bridgehead atoms. The number of amides is 2. The minimum absolute atomic E-state index is 0.116. The summed E-state index contributed by atoms with van der Waals surface area (Å²) in [4.78, 5) is 13.2. The molecule has 2 amide bonds. The number of halogens is 1. The molecule has 18 heavy (non-hydrogen) atoms. The lowest BCUT2D eigenvalue weighted by Crippen LogP contribution is -2.33. The van der Waals surface area contributed by atoms with Crippen molar-refractivity contribution in [2.75, 3.05) is 18.4 Å². The lowest BCUT2D eigenvalue weighted by atomic mass is 10.2. The van der Waals surface area contributed by atoms with Crippen molar-refractivity contribution >= 4 is 11.7 Å². The van der Waals surface area contributed by atoms with E-state index in [9.17, 15) is 14.3 Å². The number of nitriles is 1. The van der Waals surface area contributed by atoms with Crippen molar-refractivity contribution in [2.45, 2.75) is 12.5 Å². The van der Waals surface area contributed by atoms with Gasteiger partial charge in [0.05, 0.1) is 11.7 Å². The Morgan fingerprint density at radius 3 is 3.00 bits per heavy atom. The van der Waals surface area contributed by atoms with Crippen molar-refractivity contribution in [3.05, 3.63) is 29.6 Å². The van der Waals surface area contributed by atoms with Gasteiger partial charge in [-0.1, -0.05) is 0 Å². The van der Waals surface area contributed by atoms with E-state index in [1.807, 2.05) is 0 Å². The van der Waals surface area contributed by atoms with Gasteiger partial charge in [-0.25, -0.2) is 9.18 Å². The Kier molecular flexibility index (Phi) is 3.44. The van der Waals surface area contributed by atoms with E-state index in [-0.39, 0.29) is 18.1 Å². The normalized spacial score (nSPS) is 18.5. The minimum Gasteiger partial charge on any atom is -0.391 e. The molecule has 0 spiro atoms. The molecule has 1 atom stereocenters. The van der Waals surface area contributed by atoms with Gasteiger partial charge in [0.25, 0.3) is 0 Å². The number of likely N-dealkylation sites (tertiary alicyclic amines) is 1. The van der Waals surface area contributed by atoms with Gasteiger partial charge >= 0.3 is 6.03 Å². The number of rotatable bonds is 1. The van der Waals surface area contributed by atoms with Gasteiger partial charge in [-0.05, 0) is 24.6 Å². The van der Waals surface area contributed by atoms with Gasteiger partial charge in [-0.15, -0.1) is 0 Å². The molecule has 6 heteroatoms. The summed E-state index contributed by atoms with van der Waals surface area (Å²) in [6.07, 6.45) is 0.0685. The summed E-state index contributed by atoms with van der Waals surface area (Å²) in [7, 11) is 0. The lowest BCUT2D eigenvalue weighted by Gasteiger charge is -2.16. The van der Waals surface area contributed by atoms with E-state index in [0.717, 1.165) is 6.07 Å². The van der Waals surface area contributed by atoms with Crippen LogP contribution in [0.2, 0.25) is 0 Å². The molecular weight excluding hydrogens is 237 g/mol. The van der Waals surface area contributed by atoms with E-state index in [2.05, 4.69) is 5.32 Å². The molecule has 1 aromatic carbocycles. The highest BCUT2D eigenvalue weighted by atomic mass is 19.1. The summed E-state index contributed by atoms with van der Waals surface area (Å²) in [6.45, 7) is 0.775. The number of urea groups is 1. The van der Waals surface area contributed by atoms with Crippen LogP contribution in [0.25, 0.3) is 0 Å². The molecule has 1 fully saturated rings. The Morgan fingerprint density at radius 2 is 2.39 bits per heavy atom. The maximum atomic E-state index is 13.1. The molecule has 1 aliphatic heterocycles. The Hall–Kier alpha value is -2.13. The van der Waals surface area contributed by atoms with Crippen LogP contribution < -0.4 is 5.32 Å². The van der Waals surface area contributed by atoms with Crippen LogP contribution in [0.3, 0.4) is 0 Å². The number of β-amino-alcohol motifs (C(OH)–C–C–N with tert-alkyl or cyclic N) is 1. The molecule has 0 aromatic heterocycles. The van der Waals surface area contributed by atoms with Crippen molar-refractivity contribution in [3.63, 3.8) is 0 Å². The second kappa shape index (κ2) is 5.02. The van der Waals surface area contributed by atoms with Crippen LogP contribution in [0.15, 0.2) is 18.2 Å². The van der Waals surface area contributed by atoms with E-state index in [1.165, 1.54) is 17.0 Å². The monoisotopic (exact) mass is 249 g/mol. The molecule has 1 saturated heterocycles. The van der Waals surface area contributed by atoms with Gasteiger partial charge in [-0.3, -0.25) is 0 Å². The first-order valence-electron chi connectivity index (χ1n) is 5.54. The van der Waals surface area contributed by atoms with Crippen LogP contribution in [-0.4, -0.2) is 35.2 Å². The average molecular weight is 249 g/mol. The van der Waals surface area contributed by atoms with Crippen molar-refractivity contribution in [2.24, 2.45) is 0 Å². The fourth-order valence-electron chi connectivity index (χ4n) is 1.82. The zero-order chi connectivity index (χ0) is 13.1. The Balaban J connectivity index is 2.06. The van der Waals surface area contributed by atoms with E-state index in [1.54, 1.807) is 6.07 Å². The molecule has 1 heterocycles. The second-order valence-electron chi connectivity index (χ2n) is 4.13. The quantitative estimate of drug-likeness (QED) is 0.787. The number of carbonyl (C=O) groups excluding carboxylic acids is 1. The summed E-state index contributed by atoms with van der Waals surface area (Å²) < 4.78 is 13.1. The predicted molar refractivity (Wildman–Crippen MR) is 62.3 cm³/mol. The summed E-state index contributed by atoms with van der Waals surface area (Å²) in [5, 5.41) is 20.6. The number of carbonyl (C=O) groups is 1. The third-order valence-electron chi connectivity index (χ3n) is 2.79. The fraction of sp³-hybridized carbons (Fsp3) is 0.333. The highest BCUT2D eigenvalue weighted by molar-refractivity contribution is 5.89. The average Bonchev–Trinajstić information content (AvgIpc) is 2.78. The van der Waals surface area contributed by atoms with Gasteiger partial charge in [0.15, 0.2) is 0 Å². The molecule has 2 rings (SSSR count). The Morgan fingerprint density at radius 1 is 1.61 bits per heavy atom. The molecule has 0 saturated carbocycles. The number of nitrogens with zero attached hydrogens (tertiary/aromatic N) is 2. The van der Waals surface area contributed by atoms with Crippen LogP contribution in [0.5, 0.6) is 0 Å². The van der Waals surface area contributed by atoms with Gasteiger partial charge < -0.3 is 15.3 Å². The first-order valence-corrected chi connectivity index (χ1v) is 5.54. The minimum atomic E-state index is -0.618. The maximum Gasteiger partial charge on any atom is 0.321 e. The van der Waals surface area contributed by atoms with E-state index >= 15 is 0 Å². The van der Waals surface area contributed by atoms with Gasteiger partial charge in [0.2, 0.25) is 0 Å². The van der Waals surface area contributed by atoms with E-state index < -0.39 is 11.9 Å². The van der Waals surface area contributed by atoms with Crippen LogP contribution >= 0.6 is 0 Å². The molecular formula is C12H12FN3O2. The SMILES string of the molecule is N#Cc1cc(NC(=O)N2CC[C@@H](O)C2)ccc1F. The van der Waals surface area contributed by atoms with E-state index in [4.69, 9.17) is 5.26 Å². The third-order valence-corrected chi connectivity index (χ3v) is 2.79. The number of aliphatic hydroxyl groups excluding tert-OH is 1. The zero-order valence-electron chi connectivity index (χ0n) is 9.56. The molecule has 1 aromatic rings. The molecule has 1 aliphatic rings. The number of hydrogen-bond acceptors (Lipinski definition) is 3. The summed E-state index contributed by atoms with van der Waals surface area (Å²) in [5.74, 6) is -0.618. The topological polar surface area (TPSA) is 76.4 Å². The Labute approximate surface area is 103 Å². The fourth-order valence-corrected chi connectivity index (χ4v) is 1.82. The highest BCUT2D eigenvalue weighted by Gasteiger charge is 2.24. The zero-order valence-corrected chi connectivity index (χ0v) is 9.56. The lowest BCUT2D eigenvalue weighted by molar-refractivity contribution is 0.176. The second-order valence-corrected chi connectivity index (χ2v) is 4.13. The molecule has 0 radical (unpaired) electrons. The number of hydrogen-bond donors (Lipinski definition) is 2. The first-order chi connectivity index (χ1) is 8.60. The molecule has 0 unspecified atom stereocenters. The number of aliphatic hydroxyl groups is 1. The molecule has 94 valence electrons. The molecule has 5 nitrogen and oxygen atoms in total. The highest BCUT2D eigenvalue weighted by Crippen LogP contribution is 2.16. The van der Waals surface area contributed by atoms with Gasteiger partial charge in [0, 0.05) is 18.8 Å².